The Morgan fingerprint density at radius 1 is 1.00 bits per heavy atom. The lowest BCUT2D eigenvalue weighted by Gasteiger charge is -2.45. The molecular formula is C25H30N4O2. The lowest BCUT2D eigenvalue weighted by molar-refractivity contribution is -0.123. The molecule has 162 valence electrons. The number of carbonyl (C=O) groups excluding carboxylic acids is 2. The van der Waals surface area contributed by atoms with Crippen molar-refractivity contribution in [3.8, 4) is 0 Å². The molecule has 5 rings (SSSR count). The second-order valence-electron chi connectivity index (χ2n) is 9.01. The molecule has 2 aliphatic heterocycles. The Balaban J connectivity index is 1.28. The first-order valence-electron chi connectivity index (χ1n) is 11.5. The van der Waals surface area contributed by atoms with Crippen molar-refractivity contribution in [2.45, 2.75) is 56.7 Å². The standard InChI is InChI=1S/C25H30N4O2/c30-24(27-20-7-8-20)16-23-22-6-2-1-4-18(22)9-15-29(23)21-10-13-28(14-11-21)25(31)19-5-3-12-26-17-19/h1-6,12,17,20-21,23H,7-11,13-16H2,(H,27,30). The summed E-state index contributed by atoms with van der Waals surface area (Å²) in [6.07, 6.45) is 8.97. The zero-order valence-electron chi connectivity index (χ0n) is 17.9. The van der Waals surface area contributed by atoms with Gasteiger partial charge in [-0.2, -0.15) is 0 Å². The highest BCUT2D eigenvalue weighted by atomic mass is 16.2. The average Bonchev–Trinajstić information content (AvgIpc) is 3.63. The molecule has 3 heterocycles. The molecule has 1 atom stereocenters. The number of hydrogen-bond donors (Lipinski definition) is 1. The summed E-state index contributed by atoms with van der Waals surface area (Å²) < 4.78 is 0. The fraction of sp³-hybridized carbons (Fsp3) is 0.480. The monoisotopic (exact) mass is 418 g/mol. The van der Waals surface area contributed by atoms with Gasteiger partial charge in [0.2, 0.25) is 5.91 Å². The summed E-state index contributed by atoms with van der Waals surface area (Å²) in [5.74, 6) is 0.231. The molecule has 6 heteroatoms. The predicted octanol–water partition coefficient (Wildman–Crippen LogP) is 2.95. The van der Waals surface area contributed by atoms with Crippen molar-refractivity contribution in [3.63, 3.8) is 0 Å². The molecule has 1 aliphatic carbocycles. The smallest absolute Gasteiger partial charge is 0.255 e. The average molecular weight is 419 g/mol. The quantitative estimate of drug-likeness (QED) is 0.811. The summed E-state index contributed by atoms with van der Waals surface area (Å²) in [5, 5.41) is 3.17. The highest BCUT2D eigenvalue weighted by molar-refractivity contribution is 5.93. The minimum atomic E-state index is 0.0656. The third kappa shape index (κ3) is 4.49. The molecule has 1 unspecified atom stereocenters. The number of nitrogens with zero attached hydrogens (tertiary/aromatic N) is 3. The van der Waals surface area contributed by atoms with Gasteiger partial charge in [0.25, 0.3) is 5.91 Å². The first-order chi connectivity index (χ1) is 15.2. The van der Waals surface area contributed by atoms with Crippen LogP contribution < -0.4 is 5.32 Å². The van der Waals surface area contributed by atoms with Gasteiger partial charge in [-0.3, -0.25) is 19.5 Å². The van der Waals surface area contributed by atoms with Crippen molar-refractivity contribution >= 4 is 11.8 Å². The molecule has 0 radical (unpaired) electrons. The van der Waals surface area contributed by atoms with E-state index in [0.717, 1.165) is 51.7 Å². The summed E-state index contributed by atoms with van der Waals surface area (Å²) in [6.45, 7) is 2.47. The van der Waals surface area contributed by atoms with Crippen LogP contribution in [0.4, 0.5) is 0 Å². The number of carbonyl (C=O) groups is 2. The van der Waals surface area contributed by atoms with Gasteiger partial charge >= 0.3 is 0 Å². The van der Waals surface area contributed by atoms with Crippen LogP contribution in [0.15, 0.2) is 48.8 Å². The van der Waals surface area contributed by atoms with Crippen LogP contribution in [0.2, 0.25) is 0 Å². The summed E-state index contributed by atoms with van der Waals surface area (Å²) in [5.41, 5.74) is 3.32. The van der Waals surface area contributed by atoms with E-state index in [4.69, 9.17) is 0 Å². The van der Waals surface area contributed by atoms with Crippen molar-refractivity contribution in [1.82, 2.24) is 20.1 Å². The van der Waals surface area contributed by atoms with Crippen LogP contribution in [0.3, 0.4) is 0 Å². The van der Waals surface area contributed by atoms with Gasteiger partial charge in [0.1, 0.15) is 0 Å². The maximum Gasteiger partial charge on any atom is 0.255 e. The number of benzene rings is 1. The minimum absolute atomic E-state index is 0.0656. The van der Waals surface area contributed by atoms with E-state index in [1.54, 1.807) is 12.4 Å². The lowest BCUT2D eigenvalue weighted by atomic mass is 9.87. The second-order valence-corrected chi connectivity index (χ2v) is 9.01. The number of piperidine rings is 1. The Morgan fingerprint density at radius 2 is 1.81 bits per heavy atom. The number of nitrogens with one attached hydrogen (secondary N) is 1. The molecule has 0 bridgehead atoms. The number of fused-ring (bicyclic) bond motifs is 1. The van der Waals surface area contributed by atoms with E-state index < -0.39 is 0 Å². The Labute approximate surface area is 183 Å². The van der Waals surface area contributed by atoms with Crippen molar-refractivity contribution in [2.75, 3.05) is 19.6 Å². The fourth-order valence-corrected chi connectivity index (χ4v) is 5.10. The molecule has 6 nitrogen and oxygen atoms in total. The number of amides is 2. The molecule has 2 aromatic rings. The van der Waals surface area contributed by atoms with Gasteiger partial charge in [-0.25, -0.2) is 0 Å². The van der Waals surface area contributed by atoms with Crippen molar-refractivity contribution in [1.29, 1.82) is 0 Å². The molecule has 1 aromatic carbocycles. The summed E-state index contributed by atoms with van der Waals surface area (Å²) in [4.78, 5) is 34.1. The van der Waals surface area contributed by atoms with Crippen LogP contribution in [0, 0.1) is 0 Å². The molecule has 1 aromatic heterocycles. The highest BCUT2D eigenvalue weighted by Gasteiger charge is 2.36. The van der Waals surface area contributed by atoms with Crippen molar-refractivity contribution in [2.24, 2.45) is 0 Å². The van der Waals surface area contributed by atoms with E-state index in [1.165, 1.54) is 11.1 Å². The van der Waals surface area contributed by atoms with Gasteiger partial charge in [0.05, 0.1) is 5.56 Å². The van der Waals surface area contributed by atoms with Crippen LogP contribution in [0.5, 0.6) is 0 Å². The summed E-state index contributed by atoms with van der Waals surface area (Å²) in [7, 11) is 0. The molecule has 1 saturated carbocycles. The fourth-order valence-electron chi connectivity index (χ4n) is 5.10. The predicted molar refractivity (Wildman–Crippen MR) is 119 cm³/mol. The molecule has 1 saturated heterocycles. The van der Waals surface area contributed by atoms with Gasteiger partial charge in [0, 0.05) is 56.6 Å². The second kappa shape index (κ2) is 8.79. The first-order valence-corrected chi connectivity index (χ1v) is 11.5. The van der Waals surface area contributed by atoms with Gasteiger partial charge in [-0.1, -0.05) is 24.3 Å². The third-order valence-electron chi connectivity index (χ3n) is 6.90. The van der Waals surface area contributed by atoms with Crippen molar-refractivity contribution < 1.29 is 9.59 Å². The number of likely N-dealkylation sites (tertiary alicyclic amines) is 1. The van der Waals surface area contributed by atoms with E-state index in [0.29, 0.717) is 24.1 Å². The molecule has 3 aliphatic rings. The molecular weight excluding hydrogens is 388 g/mol. The number of aromatic nitrogens is 1. The molecule has 1 N–H and O–H groups in total. The Kier molecular flexibility index (Phi) is 5.72. The SMILES string of the molecule is O=C(CC1c2ccccc2CCN1C1CCN(C(=O)c2cccnc2)CC1)NC1CC1. The highest BCUT2D eigenvalue weighted by Crippen LogP contribution is 2.36. The number of hydrogen-bond acceptors (Lipinski definition) is 4. The van der Waals surface area contributed by atoms with E-state index in [-0.39, 0.29) is 17.9 Å². The van der Waals surface area contributed by atoms with Gasteiger partial charge in [-0.15, -0.1) is 0 Å². The van der Waals surface area contributed by atoms with Crippen LogP contribution in [0.25, 0.3) is 0 Å². The normalized spacial score (nSPS) is 22.1. The molecule has 31 heavy (non-hydrogen) atoms. The van der Waals surface area contributed by atoms with Crippen LogP contribution in [-0.2, 0) is 11.2 Å². The maximum absolute atomic E-state index is 12.8. The zero-order chi connectivity index (χ0) is 21.2. The molecule has 2 fully saturated rings. The zero-order valence-corrected chi connectivity index (χ0v) is 17.9. The van der Waals surface area contributed by atoms with E-state index in [1.807, 2.05) is 17.0 Å². The van der Waals surface area contributed by atoms with E-state index in [9.17, 15) is 9.59 Å². The Morgan fingerprint density at radius 3 is 2.55 bits per heavy atom. The first kappa shape index (κ1) is 20.2. The van der Waals surface area contributed by atoms with E-state index in [2.05, 4.69) is 39.5 Å². The summed E-state index contributed by atoms with van der Waals surface area (Å²) >= 11 is 0. The lowest BCUT2D eigenvalue weighted by Crippen LogP contribution is -2.50. The number of pyridine rings is 1. The van der Waals surface area contributed by atoms with E-state index >= 15 is 0 Å². The van der Waals surface area contributed by atoms with Crippen molar-refractivity contribution in [3.05, 3.63) is 65.5 Å². The number of rotatable bonds is 5. The Bertz CT molecular complexity index is 936. The van der Waals surface area contributed by atoms with Gasteiger partial charge in [-0.05, 0) is 55.4 Å². The van der Waals surface area contributed by atoms with Crippen LogP contribution in [0.1, 0.15) is 59.6 Å². The molecule has 2 amide bonds. The maximum atomic E-state index is 12.8. The molecule has 0 spiro atoms. The minimum Gasteiger partial charge on any atom is -0.353 e. The third-order valence-corrected chi connectivity index (χ3v) is 6.90. The van der Waals surface area contributed by atoms with Gasteiger partial charge < -0.3 is 10.2 Å². The topological polar surface area (TPSA) is 65.5 Å². The van der Waals surface area contributed by atoms with Crippen LogP contribution >= 0.6 is 0 Å². The van der Waals surface area contributed by atoms with Gasteiger partial charge in [0.15, 0.2) is 0 Å². The Hall–Kier alpha value is -2.73. The van der Waals surface area contributed by atoms with Crippen LogP contribution in [-0.4, -0.2) is 58.3 Å². The summed E-state index contributed by atoms with van der Waals surface area (Å²) in [6, 6.07) is 13.1. The largest absolute Gasteiger partial charge is 0.353 e.